The number of nitrogens with zero attached hydrogens (tertiary/aromatic N) is 3. The third-order valence-electron chi connectivity index (χ3n) is 4.73. The van der Waals surface area contributed by atoms with Gasteiger partial charge in [0.15, 0.2) is 0 Å². The number of hydrogen-bond acceptors (Lipinski definition) is 5. The molecule has 3 N–H and O–H groups in total. The van der Waals surface area contributed by atoms with Crippen molar-refractivity contribution in [1.29, 1.82) is 10.5 Å². The molecule has 3 rings (SSSR count). The number of anilines is 1. The van der Waals surface area contributed by atoms with Gasteiger partial charge in [0.05, 0.1) is 16.8 Å². The summed E-state index contributed by atoms with van der Waals surface area (Å²) in [5, 5.41) is 21.6. The number of nitriles is 2. The molecule has 2 unspecified atom stereocenters. The molecule has 0 aliphatic carbocycles. The molecule has 0 radical (unpaired) electrons. The van der Waals surface area contributed by atoms with Crippen LogP contribution in [0.3, 0.4) is 0 Å². The van der Waals surface area contributed by atoms with Crippen molar-refractivity contribution < 1.29 is 4.79 Å². The number of pyridine rings is 1. The Morgan fingerprint density at radius 1 is 1.19 bits per heavy atom. The molecule has 1 aromatic carbocycles. The minimum absolute atomic E-state index is 0.108. The van der Waals surface area contributed by atoms with E-state index in [0.29, 0.717) is 11.3 Å². The van der Waals surface area contributed by atoms with Gasteiger partial charge in [-0.1, -0.05) is 13.3 Å². The van der Waals surface area contributed by atoms with E-state index in [1.807, 2.05) is 31.2 Å². The molecule has 2 aromatic rings. The van der Waals surface area contributed by atoms with E-state index in [-0.39, 0.29) is 29.0 Å². The molecule has 0 fully saturated rings. The maximum Gasteiger partial charge on any atom is 0.227 e. The number of benzene rings is 1. The standard InChI is InChI=1S/C20H19N5O/c1-12-3-2-4-17(23)19-8-13(5-6-24-19)16-7-14(10-21)15(11-22)9-18(16)25-20(12)26/h5-9,12,17H,2-4,23H2,1H3,(H,25,26). The van der Waals surface area contributed by atoms with Crippen LogP contribution in [0.2, 0.25) is 0 Å². The molecular weight excluding hydrogens is 326 g/mol. The Labute approximate surface area is 152 Å². The first kappa shape index (κ1) is 17.6. The lowest BCUT2D eigenvalue weighted by atomic mass is 9.94. The van der Waals surface area contributed by atoms with E-state index >= 15 is 0 Å². The van der Waals surface area contributed by atoms with Crippen molar-refractivity contribution in [3.8, 4) is 23.3 Å². The van der Waals surface area contributed by atoms with E-state index in [9.17, 15) is 15.3 Å². The summed E-state index contributed by atoms with van der Waals surface area (Å²) in [6, 6.07) is 10.7. The van der Waals surface area contributed by atoms with Crippen LogP contribution in [0.25, 0.3) is 11.1 Å². The van der Waals surface area contributed by atoms with E-state index < -0.39 is 0 Å². The van der Waals surface area contributed by atoms with Crippen LogP contribution >= 0.6 is 0 Å². The molecule has 0 spiro atoms. The molecule has 2 bridgehead atoms. The predicted octanol–water partition coefficient (Wildman–Crippen LogP) is 3.25. The zero-order valence-electron chi connectivity index (χ0n) is 14.5. The highest BCUT2D eigenvalue weighted by Crippen LogP contribution is 2.33. The summed E-state index contributed by atoms with van der Waals surface area (Å²) in [5.41, 5.74) is 9.53. The Bertz CT molecular complexity index is 938. The van der Waals surface area contributed by atoms with Crippen LogP contribution in [0.15, 0.2) is 30.5 Å². The average Bonchev–Trinajstić information content (AvgIpc) is 2.66. The second kappa shape index (κ2) is 7.35. The van der Waals surface area contributed by atoms with Gasteiger partial charge < -0.3 is 11.1 Å². The van der Waals surface area contributed by atoms with Gasteiger partial charge in [0.1, 0.15) is 12.1 Å². The van der Waals surface area contributed by atoms with Gasteiger partial charge in [-0.3, -0.25) is 9.78 Å². The molecular formula is C20H19N5O. The molecule has 0 saturated heterocycles. The fourth-order valence-corrected chi connectivity index (χ4v) is 3.12. The lowest BCUT2D eigenvalue weighted by Crippen LogP contribution is -2.22. The SMILES string of the molecule is CC1CCCC(N)c2cc(ccn2)-c2cc(C#N)c(C#N)cc2NC1=O. The average molecular weight is 345 g/mol. The van der Waals surface area contributed by atoms with Crippen molar-refractivity contribution in [3.05, 3.63) is 47.3 Å². The minimum Gasteiger partial charge on any atom is -0.325 e. The molecule has 130 valence electrons. The van der Waals surface area contributed by atoms with Crippen LogP contribution in [0.5, 0.6) is 0 Å². The normalized spacial score (nSPS) is 19.8. The van der Waals surface area contributed by atoms with Crippen LogP contribution in [-0.2, 0) is 4.79 Å². The molecule has 1 aliphatic heterocycles. The van der Waals surface area contributed by atoms with Crippen LogP contribution < -0.4 is 11.1 Å². The van der Waals surface area contributed by atoms with E-state index in [1.165, 1.54) is 0 Å². The van der Waals surface area contributed by atoms with Crippen molar-refractivity contribution in [2.45, 2.75) is 32.2 Å². The van der Waals surface area contributed by atoms with Crippen molar-refractivity contribution in [1.82, 2.24) is 4.98 Å². The summed E-state index contributed by atoms with van der Waals surface area (Å²) in [6.07, 6.45) is 3.97. The fourth-order valence-electron chi connectivity index (χ4n) is 3.12. The van der Waals surface area contributed by atoms with Gasteiger partial charge in [-0.25, -0.2) is 0 Å². The summed E-state index contributed by atoms with van der Waals surface area (Å²) < 4.78 is 0. The second-order valence-electron chi connectivity index (χ2n) is 6.56. The third-order valence-corrected chi connectivity index (χ3v) is 4.73. The smallest absolute Gasteiger partial charge is 0.227 e. The number of amides is 1. The van der Waals surface area contributed by atoms with Crippen molar-refractivity contribution in [3.63, 3.8) is 0 Å². The monoisotopic (exact) mass is 345 g/mol. The quantitative estimate of drug-likeness (QED) is 0.760. The predicted molar refractivity (Wildman–Crippen MR) is 97.7 cm³/mol. The lowest BCUT2D eigenvalue weighted by Gasteiger charge is -2.19. The highest BCUT2D eigenvalue weighted by atomic mass is 16.1. The zero-order chi connectivity index (χ0) is 18.7. The van der Waals surface area contributed by atoms with Gasteiger partial charge >= 0.3 is 0 Å². The summed E-state index contributed by atoms with van der Waals surface area (Å²) in [6.45, 7) is 1.87. The summed E-state index contributed by atoms with van der Waals surface area (Å²) in [7, 11) is 0. The van der Waals surface area contributed by atoms with Crippen LogP contribution in [0.1, 0.15) is 49.0 Å². The Kier molecular flexibility index (Phi) is 4.97. The highest BCUT2D eigenvalue weighted by Gasteiger charge is 2.20. The largest absolute Gasteiger partial charge is 0.325 e. The maximum absolute atomic E-state index is 12.6. The molecule has 1 amide bonds. The number of nitrogens with two attached hydrogens (primary N) is 1. The number of carbonyl (C=O) groups excluding carboxylic acids is 1. The van der Waals surface area contributed by atoms with Gasteiger partial charge in [0.2, 0.25) is 5.91 Å². The topological polar surface area (TPSA) is 116 Å². The van der Waals surface area contributed by atoms with Gasteiger partial charge in [0, 0.05) is 29.4 Å². The first-order valence-electron chi connectivity index (χ1n) is 8.54. The van der Waals surface area contributed by atoms with E-state index in [1.54, 1.807) is 18.3 Å². The van der Waals surface area contributed by atoms with Gasteiger partial charge in [-0.05, 0) is 42.7 Å². The molecule has 2 atom stereocenters. The maximum atomic E-state index is 12.6. The minimum atomic E-state index is -0.207. The van der Waals surface area contributed by atoms with Gasteiger partial charge in [0.25, 0.3) is 0 Å². The number of rotatable bonds is 0. The lowest BCUT2D eigenvalue weighted by molar-refractivity contribution is -0.119. The Morgan fingerprint density at radius 2 is 1.92 bits per heavy atom. The van der Waals surface area contributed by atoms with E-state index in [0.717, 1.165) is 30.5 Å². The van der Waals surface area contributed by atoms with Crippen molar-refractivity contribution in [2.75, 3.05) is 5.32 Å². The number of hydrogen-bond donors (Lipinski definition) is 2. The first-order chi connectivity index (χ1) is 12.5. The molecule has 6 heteroatoms. The Balaban J connectivity index is 2.23. The van der Waals surface area contributed by atoms with E-state index in [2.05, 4.69) is 10.3 Å². The van der Waals surface area contributed by atoms with E-state index in [4.69, 9.17) is 5.73 Å². The molecule has 0 saturated carbocycles. The highest BCUT2D eigenvalue weighted by molar-refractivity contribution is 5.97. The second-order valence-corrected chi connectivity index (χ2v) is 6.56. The Hall–Kier alpha value is -3.22. The first-order valence-corrected chi connectivity index (χ1v) is 8.54. The molecule has 26 heavy (non-hydrogen) atoms. The molecule has 1 aliphatic rings. The number of fused-ring (bicyclic) bond motifs is 4. The molecule has 6 nitrogen and oxygen atoms in total. The summed E-state index contributed by atoms with van der Waals surface area (Å²) in [4.78, 5) is 16.9. The van der Waals surface area contributed by atoms with Crippen molar-refractivity contribution >= 4 is 11.6 Å². The number of nitrogens with one attached hydrogen (secondary N) is 1. The van der Waals surface area contributed by atoms with Crippen LogP contribution in [-0.4, -0.2) is 10.9 Å². The van der Waals surface area contributed by atoms with Gasteiger partial charge in [-0.15, -0.1) is 0 Å². The molecule has 2 heterocycles. The summed E-state index contributed by atoms with van der Waals surface area (Å²) >= 11 is 0. The number of carbonyl (C=O) groups is 1. The van der Waals surface area contributed by atoms with Crippen LogP contribution in [0, 0.1) is 28.6 Å². The number of aromatic nitrogens is 1. The Morgan fingerprint density at radius 3 is 2.65 bits per heavy atom. The zero-order valence-corrected chi connectivity index (χ0v) is 14.5. The molecule has 1 aromatic heterocycles. The summed E-state index contributed by atoms with van der Waals surface area (Å²) in [5.74, 6) is -0.287. The third kappa shape index (κ3) is 3.42. The fraction of sp³-hybridized carbons (Fsp3) is 0.300. The van der Waals surface area contributed by atoms with Gasteiger partial charge in [-0.2, -0.15) is 10.5 Å². The van der Waals surface area contributed by atoms with Crippen molar-refractivity contribution in [2.24, 2.45) is 11.7 Å². The van der Waals surface area contributed by atoms with Crippen LogP contribution in [0.4, 0.5) is 5.69 Å².